The van der Waals surface area contributed by atoms with Gasteiger partial charge in [-0.2, -0.15) is 0 Å². The van der Waals surface area contributed by atoms with Gasteiger partial charge in [-0.25, -0.2) is 4.98 Å². The predicted octanol–water partition coefficient (Wildman–Crippen LogP) is 2.86. The summed E-state index contributed by atoms with van der Waals surface area (Å²) < 4.78 is 2.20. The second kappa shape index (κ2) is 5.51. The molecule has 0 saturated heterocycles. The average molecular weight is 285 g/mol. The molecule has 4 heteroatoms. The molecule has 1 saturated carbocycles. The van der Waals surface area contributed by atoms with Gasteiger partial charge >= 0.3 is 0 Å². The second-order valence-corrected chi connectivity index (χ2v) is 5.87. The molecular weight excluding hydrogens is 262 g/mol. The van der Waals surface area contributed by atoms with Gasteiger partial charge in [-0.1, -0.05) is 6.07 Å². The van der Waals surface area contributed by atoms with E-state index in [-0.39, 0.29) is 5.91 Å². The van der Waals surface area contributed by atoms with Crippen molar-refractivity contribution < 1.29 is 4.79 Å². The van der Waals surface area contributed by atoms with Crippen molar-refractivity contribution in [1.29, 1.82) is 0 Å². The lowest BCUT2D eigenvalue weighted by Gasteiger charge is -2.18. The van der Waals surface area contributed by atoms with E-state index in [4.69, 9.17) is 4.98 Å². The van der Waals surface area contributed by atoms with Gasteiger partial charge < -0.3 is 9.47 Å². The van der Waals surface area contributed by atoms with Gasteiger partial charge in [0.05, 0.1) is 17.5 Å². The summed E-state index contributed by atoms with van der Waals surface area (Å²) in [4.78, 5) is 18.8. The molecule has 1 aromatic heterocycles. The number of aryl methyl sites for hydroxylation is 1. The highest BCUT2D eigenvalue weighted by Gasteiger charge is 2.28. The smallest absolute Gasteiger partial charge is 0.226 e. The number of likely N-dealkylation sites (N-methyl/N-ethyl adjacent to an activating group) is 1. The van der Waals surface area contributed by atoms with Crippen LogP contribution in [0.3, 0.4) is 0 Å². The van der Waals surface area contributed by atoms with Crippen molar-refractivity contribution in [1.82, 2.24) is 14.5 Å². The number of carbonyl (C=O) groups excluding carboxylic acids is 1. The van der Waals surface area contributed by atoms with Gasteiger partial charge in [-0.15, -0.1) is 0 Å². The summed E-state index contributed by atoms with van der Waals surface area (Å²) in [6, 6.07) is 6.23. The lowest BCUT2D eigenvalue weighted by Crippen LogP contribution is -2.31. The van der Waals surface area contributed by atoms with Crippen LogP contribution in [-0.4, -0.2) is 33.4 Å². The fraction of sp³-hybridized carbons (Fsp3) is 0.529. The Kier molecular flexibility index (Phi) is 3.70. The number of benzene rings is 1. The Morgan fingerprint density at radius 3 is 2.67 bits per heavy atom. The lowest BCUT2D eigenvalue weighted by atomic mass is 10.1. The van der Waals surface area contributed by atoms with Crippen LogP contribution in [0, 0.1) is 0 Å². The van der Waals surface area contributed by atoms with Crippen molar-refractivity contribution in [3.8, 4) is 0 Å². The number of aromatic nitrogens is 2. The number of fused-ring (bicyclic) bond motifs is 1. The zero-order chi connectivity index (χ0) is 15.0. The summed E-state index contributed by atoms with van der Waals surface area (Å²) in [5.74, 6) is 2.03. The van der Waals surface area contributed by atoms with Crippen LogP contribution in [-0.2, 0) is 18.3 Å². The van der Waals surface area contributed by atoms with Crippen LogP contribution in [0.4, 0.5) is 0 Å². The van der Waals surface area contributed by atoms with E-state index >= 15 is 0 Å². The van der Waals surface area contributed by atoms with E-state index in [1.165, 1.54) is 18.7 Å². The van der Waals surface area contributed by atoms with E-state index in [9.17, 15) is 4.79 Å². The Morgan fingerprint density at radius 2 is 2.05 bits per heavy atom. The molecule has 1 aliphatic rings. The molecule has 1 aliphatic carbocycles. The number of rotatable bonds is 5. The molecule has 2 aromatic rings. The third kappa shape index (κ3) is 2.67. The summed E-state index contributed by atoms with van der Waals surface area (Å²) in [6.07, 6.45) is 2.97. The fourth-order valence-electron chi connectivity index (χ4n) is 2.94. The summed E-state index contributed by atoms with van der Waals surface area (Å²) in [6.45, 7) is 5.58. The van der Waals surface area contributed by atoms with Gasteiger partial charge in [0.15, 0.2) is 0 Å². The Labute approximate surface area is 125 Å². The highest BCUT2D eigenvalue weighted by Crippen LogP contribution is 2.40. The van der Waals surface area contributed by atoms with Gasteiger partial charge in [-0.3, -0.25) is 4.79 Å². The van der Waals surface area contributed by atoms with E-state index < -0.39 is 0 Å². The Balaban J connectivity index is 1.85. The standard InChI is InChI=1S/C17H23N3O/c1-4-20(5-2)16(21)11-12-6-9-15-14(10-12)18-17(19(15)3)13-7-8-13/h6,9-10,13H,4-5,7-8,11H2,1-3H3. The molecule has 112 valence electrons. The van der Waals surface area contributed by atoms with Crippen molar-refractivity contribution in [2.75, 3.05) is 13.1 Å². The molecule has 1 aromatic carbocycles. The highest BCUT2D eigenvalue weighted by molar-refractivity contribution is 5.82. The predicted molar refractivity (Wildman–Crippen MR) is 84.3 cm³/mol. The molecule has 0 aliphatic heterocycles. The molecule has 3 rings (SSSR count). The number of carbonyl (C=O) groups is 1. The highest BCUT2D eigenvalue weighted by atomic mass is 16.2. The van der Waals surface area contributed by atoms with Crippen LogP contribution >= 0.6 is 0 Å². The molecule has 1 amide bonds. The first-order valence-corrected chi connectivity index (χ1v) is 7.87. The first-order valence-electron chi connectivity index (χ1n) is 7.87. The maximum Gasteiger partial charge on any atom is 0.226 e. The Bertz CT molecular complexity index is 666. The number of amides is 1. The quantitative estimate of drug-likeness (QED) is 0.847. The summed E-state index contributed by atoms with van der Waals surface area (Å²) in [5.41, 5.74) is 3.24. The first kappa shape index (κ1) is 14.1. The number of hydrogen-bond acceptors (Lipinski definition) is 2. The summed E-state index contributed by atoms with van der Waals surface area (Å²) in [5, 5.41) is 0. The number of nitrogens with zero attached hydrogens (tertiary/aromatic N) is 3. The minimum atomic E-state index is 0.192. The molecule has 1 heterocycles. The van der Waals surface area contributed by atoms with E-state index in [0.29, 0.717) is 12.3 Å². The normalized spacial score (nSPS) is 14.6. The maximum atomic E-state index is 12.2. The van der Waals surface area contributed by atoms with Crippen LogP contribution in [0.1, 0.15) is 44.0 Å². The summed E-state index contributed by atoms with van der Waals surface area (Å²) in [7, 11) is 2.09. The molecule has 0 spiro atoms. The molecule has 21 heavy (non-hydrogen) atoms. The van der Waals surface area contributed by atoms with Crippen molar-refractivity contribution in [2.45, 2.75) is 39.0 Å². The maximum absolute atomic E-state index is 12.2. The molecule has 0 atom stereocenters. The van der Waals surface area contributed by atoms with Crippen molar-refractivity contribution in [3.05, 3.63) is 29.6 Å². The van der Waals surface area contributed by atoms with Gasteiger partial charge in [0.25, 0.3) is 0 Å². The molecule has 0 unspecified atom stereocenters. The van der Waals surface area contributed by atoms with E-state index in [1.807, 2.05) is 18.7 Å². The summed E-state index contributed by atoms with van der Waals surface area (Å²) >= 11 is 0. The zero-order valence-corrected chi connectivity index (χ0v) is 13.1. The Morgan fingerprint density at radius 1 is 1.33 bits per heavy atom. The van der Waals surface area contributed by atoms with Crippen molar-refractivity contribution in [3.63, 3.8) is 0 Å². The van der Waals surface area contributed by atoms with E-state index in [2.05, 4.69) is 29.8 Å². The SMILES string of the molecule is CCN(CC)C(=O)Cc1ccc2c(c1)nc(C1CC1)n2C. The topological polar surface area (TPSA) is 38.1 Å². The third-order valence-electron chi connectivity index (χ3n) is 4.39. The second-order valence-electron chi connectivity index (χ2n) is 5.87. The lowest BCUT2D eigenvalue weighted by molar-refractivity contribution is -0.130. The van der Waals surface area contributed by atoms with Crippen LogP contribution in [0.2, 0.25) is 0 Å². The van der Waals surface area contributed by atoms with Crippen molar-refractivity contribution in [2.24, 2.45) is 7.05 Å². The van der Waals surface area contributed by atoms with Crippen LogP contribution < -0.4 is 0 Å². The molecule has 0 bridgehead atoms. The zero-order valence-electron chi connectivity index (χ0n) is 13.1. The van der Waals surface area contributed by atoms with Crippen LogP contribution in [0.5, 0.6) is 0 Å². The molecular formula is C17H23N3O. The largest absolute Gasteiger partial charge is 0.343 e. The third-order valence-corrected chi connectivity index (χ3v) is 4.39. The fourth-order valence-corrected chi connectivity index (χ4v) is 2.94. The van der Waals surface area contributed by atoms with Crippen LogP contribution in [0.15, 0.2) is 18.2 Å². The van der Waals surface area contributed by atoms with Gasteiger partial charge in [-0.05, 0) is 44.4 Å². The molecule has 1 fully saturated rings. The number of imidazole rings is 1. The Hall–Kier alpha value is -1.84. The minimum absolute atomic E-state index is 0.192. The minimum Gasteiger partial charge on any atom is -0.343 e. The van der Waals surface area contributed by atoms with E-state index in [0.717, 1.165) is 29.7 Å². The van der Waals surface area contributed by atoms with Gasteiger partial charge in [0.2, 0.25) is 5.91 Å². The molecule has 0 radical (unpaired) electrons. The van der Waals surface area contributed by atoms with Gasteiger partial charge in [0, 0.05) is 26.1 Å². The van der Waals surface area contributed by atoms with Gasteiger partial charge in [0.1, 0.15) is 5.82 Å². The molecule has 0 N–H and O–H groups in total. The number of hydrogen-bond donors (Lipinski definition) is 0. The monoisotopic (exact) mass is 285 g/mol. The van der Waals surface area contributed by atoms with Crippen molar-refractivity contribution >= 4 is 16.9 Å². The first-order chi connectivity index (χ1) is 10.1. The van der Waals surface area contributed by atoms with Crippen LogP contribution in [0.25, 0.3) is 11.0 Å². The van der Waals surface area contributed by atoms with E-state index in [1.54, 1.807) is 0 Å². The molecule has 4 nitrogen and oxygen atoms in total. The average Bonchev–Trinajstić information content (AvgIpc) is 3.26.